The van der Waals surface area contributed by atoms with Gasteiger partial charge in [0.15, 0.2) is 5.82 Å². The fraction of sp³-hybridized carbons (Fsp3) is 0.615. The molecule has 1 aliphatic rings. The number of rotatable bonds is 4. The van der Waals surface area contributed by atoms with E-state index in [9.17, 15) is 4.79 Å². The summed E-state index contributed by atoms with van der Waals surface area (Å²) in [6.45, 7) is 2.87. The van der Waals surface area contributed by atoms with Crippen LogP contribution in [0.1, 0.15) is 26.2 Å². The molecule has 2 heterocycles. The number of methoxy groups -OCH3 is 1. The average Bonchev–Trinajstić information content (AvgIpc) is 2.48. The van der Waals surface area contributed by atoms with Crippen LogP contribution in [0.25, 0.3) is 0 Å². The molecule has 1 saturated heterocycles. The molecule has 0 aromatic carbocycles. The van der Waals surface area contributed by atoms with Gasteiger partial charge in [-0.3, -0.25) is 0 Å². The van der Waals surface area contributed by atoms with E-state index in [2.05, 4.69) is 9.97 Å². The number of ether oxygens (including phenoxy) is 2. The number of esters is 1. The van der Waals surface area contributed by atoms with E-state index in [1.807, 2.05) is 4.90 Å². The van der Waals surface area contributed by atoms with E-state index in [1.165, 1.54) is 13.3 Å². The van der Waals surface area contributed by atoms with Crippen molar-refractivity contribution in [3.05, 3.63) is 11.2 Å². The van der Waals surface area contributed by atoms with Gasteiger partial charge in [0.2, 0.25) is 0 Å². The molecule has 2 rings (SSSR count). The molecule has 6 nitrogen and oxygen atoms in total. The fourth-order valence-corrected chi connectivity index (χ4v) is 2.51. The standard InChI is InChI=1S/C13H18ClN3O3/c1-3-20-12(18)10-6-4-5-7-17(10)11-9(14)8-15-13(16-11)19-2/h8,10H,3-7H2,1-2H3. The van der Waals surface area contributed by atoms with Gasteiger partial charge in [0.25, 0.3) is 0 Å². The molecule has 0 amide bonds. The summed E-state index contributed by atoms with van der Waals surface area (Å²) in [6.07, 6.45) is 4.19. The SMILES string of the molecule is CCOC(=O)C1CCCCN1c1nc(OC)ncc1Cl. The third-order valence-electron chi connectivity index (χ3n) is 3.22. The predicted octanol–water partition coefficient (Wildman–Crippen LogP) is 2.06. The molecule has 1 unspecified atom stereocenters. The zero-order chi connectivity index (χ0) is 14.5. The number of hydrogen-bond acceptors (Lipinski definition) is 6. The highest BCUT2D eigenvalue weighted by molar-refractivity contribution is 6.32. The maximum absolute atomic E-state index is 12.1. The third-order valence-corrected chi connectivity index (χ3v) is 3.49. The maximum Gasteiger partial charge on any atom is 0.328 e. The van der Waals surface area contributed by atoms with E-state index in [0.717, 1.165) is 19.3 Å². The largest absolute Gasteiger partial charge is 0.467 e. The van der Waals surface area contributed by atoms with Gasteiger partial charge in [0, 0.05) is 6.54 Å². The van der Waals surface area contributed by atoms with Crippen molar-refractivity contribution in [1.29, 1.82) is 0 Å². The third kappa shape index (κ3) is 3.12. The van der Waals surface area contributed by atoms with Crippen molar-refractivity contribution in [1.82, 2.24) is 9.97 Å². The first kappa shape index (κ1) is 14.8. The summed E-state index contributed by atoms with van der Waals surface area (Å²) < 4.78 is 10.2. The molecule has 0 aliphatic carbocycles. The van der Waals surface area contributed by atoms with Crippen LogP contribution in [0, 0.1) is 0 Å². The number of nitrogens with zero attached hydrogens (tertiary/aromatic N) is 3. The fourth-order valence-electron chi connectivity index (χ4n) is 2.31. The molecule has 110 valence electrons. The monoisotopic (exact) mass is 299 g/mol. The lowest BCUT2D eigenvalue weighted by Crippen LogP contribution is -2.46. The van der Waals surface area contributed by atoms with Crippen molar-refractivity contribution in [2.75, 3.05) is 25.2 Å². The molecule has 1 aromatic rings. The van der Waals surface area contributed by atoms with Gasteiger partial charge in [-0.15, -0.1) is 0 Å². The van der Waals surface area contributed by atoms with Gasteiger partial charge in [-0.1, -0.05) is 11.6 Å². The summed E-state index contributed by atoms with van der Waals surface area (Å²) >= 11 is 6.16. The molecule has 1 fully saturated rings. The van der Waals surface area contributed by atoms with E-state index >= 15 is 0 Å². The minimum atomic E-state index is -0.346. The van der Waals surface area contributed by atoms with Gasteiger partial charge < -0.3 is 14.4 Å². The van der Waals surface area contributed by atoms with E-state index in [-0.39, 0.29) is 18.0 Å². The molecule has 0 N–H and O–H groups in total. The van der Waals surface area contributed by atoms with Crippen LogP contribution in [0.3, 0.4) is 0 Å². The van der Waals surface area contributed by atoms with Crippen molar-refractivity contribution in [2.45, 2.75) is 32.2 Å². The minimum absolute atomic E-state index is 0.234. The normalized spacial score (nSPS) is 18.8. The van der Waals surface area contributed by atoms with Gasteiger partial charge in [-0.2, -0.15) is 4.98 Å². The number of carbonyl (C=O) groups is 1. The van der Waals surface area contributed by atoms with E-state index in [0.29, 0.717) is 24.0 Å². The maximum atomic E-state index is 12.1. The Morgan fingerprint density at radius 1 is 1.55 bits per heavy atom. The predicted molar refractivity (Wildman–Crippen MR) is 75.2 cm³/mol. The summed E-state index contributed by atoms with van der Waals surface area (Å²) in [5.74, 6) is 0.289. The summed E-state index contributed by atoms with van der Waals surface area (Å²) in [4.78, 5) is 22.2. The topological polar surface area (TPSA) is 64.5 Å². The number of anilines is 1. The lowest BCUT2D eigenvalue weighted by Gasteiger charge is -2.35. The summed E-state index contributed by atoms with van der Waals surface area (Å²) in [5.41, 5.74) is 0. The highest BCUT2D eigenvalue weighted by Crippen LogP contribution is 2.30. The summed E-state index contributed by atoms with van der Waals surface area (Å²) in [7, 11) is 1.49. The zero-order valence-electron chi connectivity index (χ0n) is 11.6. The molecule has 0 saturated carbocycles. The van der Waals surface area contributed by atoms with Crippen molar-refractivity contribution in [3.8, 4) is 6.01 Å². The summed E-state index contributed by atoms with van der Waals surface area (Å²) in [6, 6.07) is -0.113. The lowest BCUT2D eigenvalue weighted by molar-refractivity contribution is -0.145. The highest BCUT2D eigenvalue weighted by atomic mass is 35.5. The number of piperidine rings is 1. The van der Waals surface area contributed by atoms with Crippen LogP contribution in [0.2, 0.25) is 5.02 Å². The smallest absolute Gasteiger partial charge is 0.328 e. The second-order valence-corrected chi connectivity index (χ2v) is 4.89. The van der Waals surface area contributed by atoms with Gasteiger partial charge in [-0.25, -0.2) is 9.78 Å². The molecule has 20 heavy (non-hydrogen) atoms. The van der Waals surface area contributed by atoms with E-state index < -0.39 is 0 Å². The molecule has 1 aliphatic heterocycles. The molecule has 1 atom stereocenters. The van der Waals surface area contributed by atoms with Crippen LogP contribution < -0.4 is 9.64 Å². The Morgan fingerprint density at radius 2 is 2.35 bits per heavy atom. The van der Waals surface area contributed by atoms with Crippen molar-refractivity contribution in [2.24, 2.45) is 0 Å². The van der Waals surface area contributed by atoms with Crippen molar-refractivity contribution < 1.29 is 14.3 Å². The van der Waals surface area contributed by atoms with Crippen LogP contribution >= 0.6 is 11.6 Å². The second-order valence-electron chi connectivity index (χ2n) is 4.49. The number of aromatic nitrogens is 2. The highest BCUT2D eigenvalue weighted by Gasteiger charge is 2.32. The molecule has 0 spiro atoms. The Balaban J connectivity index is 2.29. The second kappa shape index (κ2) is 6.74. The molecule has 1 aromatic heterocycles. The summed E-state index contributed by atoms with van der Waals surface area (Å²) in [5, 5.41) is 0.405. The quantitative estimate of drug-likeness (QED) is 0.793. The zero-order valence-corrected chi connectivity index (χ0v) is 12.4. The van der Waals surface area contributed by atoms with Crippen LogP contribution in [0.15, 0.2) is 6.20 Å². The Labute approximate surface area is 123 Å². The number of halogens is 1. The molecule has 0 bridgehead atoms. The van der Waals surface area contributed by atoms with Crippen LogP contribution in [-0.4, -0.2) is 42.2 Å². The van der Waals surface area contributed by atoms with E-state index in [4.69, 9.17) is 21.1 Å². The average molecular weight is 300 g/mol. The molecular formula is C13H18ClN3O3. The van der Waals surface area contributed by atoms with Gasteiger partial charge in [0.05, 0.1) is 19.9 Å². The van der Waals surface area contributed by atoms with Crippen LogP contribution in [0.5, 0.6) is 6.01 Å². The van der Waals surface area contributed by atoms with Gasteiger partial charge in [0.1, 0.15) is 11.1 Å². The Hall–Kier alpha value is -1.56. The first-order valence-corrected chi connectivity index (χ1v) is 7.05. The number of carbonyl (C=O) groups excluding carboxylic acids is 1. The number of hydrogen-bond donors (Lipinski definition) is 0. The van der Waals surface area contributed by atoms with Crippen LogP contribution in [0.4, 0.5) is 5.82 Å². The molecular weight excluding hydrogens is 282 g/mol. The lowest BCUT2D eigenvalue weighted by atomic mass is 10.0. The van der Waals surface area contributed by atoms with Gasteiger partial charge >= 0.3 is 12.0 Å². The Kier molecular flexibility index (Phi) is 5.00. The first-order chi connectivity index (χ1) is 9.67. The van der Waals surface area contributed by atoms with Crippen molar-refractivity contribution in [3.63, 3.8) is 0 Å². The Morgan fingerprint density at radius 3 is 3.05 bits per heavy atom. The van der Waals surface area contributed by atoms with Crippen molar-refractivity contribution >= 4 is 23.4 Å². The molecule has 7 heteroatoms. The minimum Gasteiger partial charge on any atom is -0.467 e. The van der Waals surface area contributed by atoms with Gasteiger partial charge in [-0.05, 0) is 26.2 Å². The Bertz CT molecular complexity index is 484. The molecule has 0 radical (unpaired) electrons. The van der Waals surface area contributed by atoms with E-state index in [1.54, 1.807) is 6.92 Å². The first-order valence-electron chi connectivity index (χ1n) is 6.67. The van der Waals surface area contributed by atoms with Crippen LogP contribution in [-0.2, 0) is 9.53 Å².